The molecule has 0 saturated carbocycles. The Balaban J connectivity index is 2.33. The minimum atomic E-state index is -1.46. The number of aromatic nitrogens is 1. The number of H-pyrrole nitrogens is 1. The molecule has 7 heteroatoms. The summed E-state index contributed by atoms with van der Waals surface area (Å²) in [6.45, 7) is 3.50. The van der Waals surface area contributed by atoms with Crippen molar-refractivity contribution in [3.63, 3.8) is 0 Å². The zero-order chi connectivity index (χ0) is 14.9. The van der Waals surface area contributed by atoms with Crippen LogP contribution in [0.25, 0.3) is 0 Å². The number of pyridine rings is 1. The van der Waals surface area contributed by atoms with Crippen LogP contribution in [0.3, 0.4) is 0 Å². The molecule has 1 amide bonds. The average Bonchev–Trinajstić information content (AvgIpc) is 2.77. The van der Waals surface area contributed by atoms with Crippen LogP contribution in [0.4, 0.5) is 0 Å². The number of aromatic amines is 1. The van der Waals surface area contributed by atoms with Gasteiger partial charge < -0.3 is 20.1 Å². The van der Waals surface area contributed by atoms with Crippen LogP contribution in [-0.4, -0.2) is 40.7 Å². The van der Waals surface area contributed by atoms with Gasteiger partial charge in [-0.2, -0.15) is 0 Å². The average molecular weight is 280 g/mol. The fraction of sp³-hybridized carbons (Fsp3) is 0.462. The van der Waals surface area contributed by atoms with Gasteiger partial charge >= 0.3 is 5.97 Å². The second kappa shape index (κ2) is 5.09. The number of hydrogen-bond acceptors (Lipinski definition) is 4. The lowest BCUT2D eigenvalue weighted by Crippen LogP contribution is -2.56. The number of amides is 1. The molecule has 0 bridgehead atoms. The summed E-state index contributed by atoms with van der Waals surface area (Å²) in [5.74, 6) is -1.86. The first kappa shape index (κ1) is 14.3. The number of ether oxygens (including phenoxy) is 1. The molecule has 1 saturated heterocycles. The van der Waals surface area contributed by atoms with E-state index in [-0.39, 0.29) is 25.2 Å². The van der Waals surface area contributed by atoms with E-state index in [4.69, 9.17) is 4.74 Å². The summed E-state index contributed by atoms with van der Waals surface area (Å²) in [6.07, 6.45) is 0.177. The summed E-state index contributed by atoms with van der Waals surface area (Å²) in [7, 11) is 0. The molecule has 20 heavy (non-hydrogen) atoms. The first-order chi connectivity index (χ1) is 9.35. The number of carboxylic acids is 1. The van der Waals surface area contributed by atoms with Crippen molar-refractivity contribution < 1.29 is 19.4 Å². The van der Waals surface area contributed by atoms with E-state index < -0.39 is 23.0 Å². The van der Waals surface area contributed by atoms with Crippen LogP contribution in [0.1, 0.15) is 28.0 Å². The maximum Gasteiger partial charge on any atom is 0.331 e. The number of rotatable bonds is 3. The lowest BCUT2D eigenvalue weighted by Gasteiger charge is -2.23. The Morgan fingerprint density at radius 3 is 2.65 bits per heavy atom. The van der Waals surface area contributed by atoms with Crippen molar-refractivity contribution in [3.8, 4) is 0 Å². The lowest BCUT2D eigenvalue weighted by molar-refractivity contribution is -0.144. The molecule has 0 aromatic carbocycles. The Labute approximate surface area is 115 Å². The predicted molar refractivity (Wildman–Crippen MR) is 69.8 cm³/mol. The van der Waals surface area contributed by atoms with Crippen molar-refractivity contribution in [2.75, 3.05) is 13.2 Å². The van der Waals surface area contributed by atoms with Gasteiger partial charge in [-0.3, -0.25) is 9.59 Å². The van der Waals surface area contributed by atoms with E-state index in [1.54, 1.807) is 19.9 Å². The van der Waals surface area contributed by atoms with E-state index in [1.165, 1.54) is 0 Å². The van der Waals surface area contributed by atoms with Crippen molar-refractivity contribution in [3.05, 3.63) is 33.2 Å². The Morgan fingerprint density at radius 1 is 1.45 bits per heavy atom. The van der Waals surface area contributed by atoms with E-state index in [0.29, 0.717) is 11.3 Å². The zero-order valence-electron chi connectivity index (χ0n) is 11.3. The number of hydrogen-bond donors (Lipinski definition) is 3. The molecule has 7 nitrogen and oxygen atoms in total. The molecule has 1 aromatic heterocycles. The maximum atomic E-state index is 12.2. The van der Waals surface area contributed by atoms with Crippen LogP contribution < -0.4 is 10.9 Å². The van der Waals surface area contributed by atoms with Gasteiger partial charge in [0.1, 0.15) is 5.56 Å². The SMILES string of the molecule is Cc1cc(C)c(C(=O)NC2(C(=O)O)CCOC2)c(=O)[nH]1. The summed E-state index contributed by atoms with van der Waals surface area (Å²) in [5.41, 5.74) is -0.909. The monoisotopic (exact) mass is 280 g/mol. The highest BCUT2D eigenvalue weighted by Crippen LogP contribution is 2.19. The molecule has 2 rings (SSSR count). The standard InChI is InChI=1S/C13H16N2O5/c1-7-5-8(2)14-10(16)9(7)11(17)15-13(12(18)19)3-4-20-6-13/h5H,3-4,6H2,1-2H3,(H,14,16)(H,15,17)(H,18,19). The fourth-order valence-electron chi connectivity index (χ4n) is 2.30. The van der Waals surface area contributed by atoms with Gasteiger partial charge in [-0.15, -0.1) is 0 Å². The van der Waals surface area contributed by atoms with Crippen LogP contribution in [0.5, 0.6) is 0 Å². The molecule has 2 heterocycles. The van der Waals surface area contributed by atoms with Crippen molar-refractivity contribution >= 4 is 11.9 Å². The Kier molecular flexibility index (Phi) is 3.63. The van der Waals surface area contributed by atoms with E-state index >= 15 is 0 Å². The number of nitrogens with one attached hydrogen (secondary N) is 2. The molecule has 1 aromatic rings. The fourth-order valence-corrected chi connectivity index (χ4v) is 2.30. The van der Waals surface area contributed by atoms with Crippen molar-refractivity contribution in [2.24, 2.45) is 0 Å². The molecule has 0 aliphatic carbocycles. The van der Waals surface area contributed by atoms with E-state index in [9.17, 15) is 19.5 Å². The zero-order valence-corrected chi connectivity index (χ0v) is 11.3. The summed E-state index contributed by atoms with van der Waals surface area (Å²) in [4.78, 5) is 37.9. The lowest BCUT2D eigenvalue weighted by atomic mass is 9.98. The second-order valence-corrected chi connectivity index (χ2v) is 4.98. The van der Waals surface area contributed by atoms with Crippen LogP contribution >= 0.6 is 0 Å². The molecular weight excluding hydrogens is 264 g/mol. The molecule has 3 N–H and O–H groups in total. The van der Waals surface area contributed by atoms with E-state index in [1.807, 2.05) is 0 Å². The van der Waals surface area contributed by atoms with Crippen LogP contribution in [0.2, 0.25) is 0 Å². The van der Waals surface area contributed by atoms with Gasteiger partial charge in [-0.1, -0.05) is 0 Å². The van der Waals surface area contributed by atoms with Crippen LogP contribution in [0.15, 0.2) is 10.9 Å². The molecule has 1 unspecified atom stereocenters. The van der Waals surface area contributed by atoms with Gasteiger partial charge in [-0.05, 0) is 25.5 Å². The number of aliphatic carboxylic acids is 1. The number of carboxylic acid groups (broad SMARTS) is 1. The summed E-state index contributed by atoms with van der Waals surface area (Å²) in [5, 5.41) is 11.7. The van der Waals surface area contributed by atoms with Crippen molar-refractivity contribution in [2.45, 2.75) is 25.8 Å². The Hall–Kier alpha value is -2.15. The molecule has 1 atom stereocenters. The molecule has 0 spiro atoms. The smallest absolute Gasteiger partial charge is 0.331 e. The second-order valence-electron chi connectivity index (χ2n) is 4.98. The third-order valence-corrected chi connectivity index (χ3v) is 3.38. The number of carbonyl (C=O) groups is 2. The highest BCUT2D eigenvalue weighted by molar-refractivity contribution is 5.98. The number of carbonyl (C=O) groups excluding carboxylic acids is 1. The van der Waals surface area contributed by atoms with Crippen LogP contribution in [-0.2, 0) is 9.53 Å². The molecule has 1 aliphatic rings. The Morgan fingerprint density at radius 2 is 2.15 bits per heavy atom. The molecule has 108 valence electrons. The van der Waals surface area contributed by atoms with Crippen LogP contribution in [0, 0.1) is 13.8 Å². The third-order valence-electron chi connectivity index (χ3n) is 3.38. The highest BCUT2D eigenvalue weighted by Gasteiger charge is 2.44. The van der Waals surface area contributed by atoms with Gasteiger partial charge in [0.25, 0.3) is 11.5 Å². The summed E-state index contributed by atoms with van der Waals surface area (Å²) >= 11 is 0. The van der Waals surface area contributed by atoms with Gasteiger partial charge in [0.15, 0.2) is 5.54 Å². The van der Waals surface area contributed by atoms with Gasteiger partial charge in [-0.25, -0.2) is 4.79 Å². The highest BCUT2D eigenvalue weighted by atomic mass is 16.5. The van der Waals surface area contributed by atoms with E-state index in [2.05, 4.69) is 10.3 Å². The third kappa shape index (κ3) is 2.44. The van der Waals surface area contributed by atoms with E-state index in [0.717, 1.165) is 0 Å². The summed E-state index contributed by atoms with van der Waals surface area (Å²) in [6, 6.07) is 1.66. The Bertz CT molecular complexity index is 614. The minimum absolute atomic E-state index is 0.0666. The topological polar surface area (TPSA) is 108 Å². The van der Waals surface area contributed by atoms with Gasteiger partial charge in [0, 0.05) is 18.7 Å². The summed E-state index contributed by atoms with van der Waals surface area (Å²) < 4.78 is 5.06. The minimum Gasteiger partial charge on any atom is -0.479 e. The maximum absolute atomic E-state index is 12.2. The van der Waals surface area contributed by atoms with Crippen molar-refractivity contribution in [1.82, 2.24) is 10.3 Å². The molecule has 0 radical (unpaired) electrons. The van der Waals surface area contributed by atoms with Gasteiger partial charge in [0.05, 0.1) is 6.61 Å². The first-order valence-electron chi connectivity index (χ1n) is 6.20. The quantitative estimate of drug-likeness (QED) is 0.720. The molecular formula is C13H16N2O5. The van der Waals surface area contributed by atoms with Gasteiger partial charge in [0.2, 0.25) is 0 Å². The largest absolute Gasteiger partial charge is 0.479 e. The molecule has 1 aliphatic heterocycles. The van der Waals surface area contributed by atoms with Crippen molar-refractivity contribution in [1.29, 1.82) is 0 Å². The normalized spacial score (nSPS) is 21.7. The number of aryl methyl sites for hydroxylation is 2. The predicted octanol–water partition coefficient (Wildman–Crippen LogP) is -0.0348. The molecule has 1 fully saturated rings. The first-order valence-corrected chi connectivity index (χ1v) is 6.20.